The highest BCUT2D eigenvalue weighted by Crippen LogP contribution is 2.32. The molecule has 5 nitrogen and oxygen atoms in total. The maximum absolute atomic E-state index is 10.8. The van der Waals surface area contributed by atoms with Crippen LogP contribution in [0.2, 0.25) is 10.0 Å². The van der Waals surface area contributed by atoms with Crippen molar-refractivity contribution < 1.29 is 9.66 Å². The van der Waals surface area contributed by atoms with Crippen molar-refractivity contribution in [3.8, 4) is 5.75 Å². The number of anilines is 1. The molecule has 0 saturated carbocycles. The van der Waals surface area contributed by atoms with Gasteiger partial charge in [0.2, 0.25) is 0 Å². The summed E-state index contributed by atoms with van der Waals surface area (Å²) in [6, 6.07) is 9.50. The number of nitrogen functional groups attached to an aromatic ring is 1. The third kappa shape index (κ3) is 3.12. The van der Waals surface area contributed by atoms with E-state index in [9.17, 15) is 10.1 Å². The van der Waals surface area contributed by atoms with Gasteiger partial charge in [-0.15, -0.1) is 0 Å². The zero-order chi connectivity index (χ0) is 14.7. The second-order valence-corrected chi connectivity index (χ2v) is 4.78. The minimum absolute atomic E-state index is 0.111. The van der Waals surface area contributed by atoms with Crippen LogP contribution in [-0.4, -0.2) is 4.92 Å². The normalized spacial score (nSPS) is 10.3. The Kier molecular flexibility index (Phi) is 4.32. The molecule has 0 aromatic heterocycles. The number of nitro groups is 1. The van der Waals surface area contributed by atoms with Gasteiger partial charge in [-0.25, -0.2) is 0 Å². The van der Waals surface area contributed by atoms with Crippen LogP contribution in [0.1, 0.15) is 5.56 Å². The summed E-state index contributed by atoms with van der Waals surface area (Å²) in [6.07, 6.45) is 0. The lowest BCUT2D eigenvalue weighted by Gasteiger charge is -2.09. The van der Waals surface area contributed by atoms with Gasteiger partial charge in [0.05, 0.1) is 9.95 Å². The standard InChI is InChI=1S/C13H10Cl2N2O3/c14-9-2-1-3-12(13(9)15)20-7-8-4-5-10(16)11(6-8)17(18)19/h1-6H,7,16H2. The van der Waals surface area contributed by atoms with Crippen LogP contribution < -0.4 is 10.5 Å². The molecule has 0 fully saturated rings. The van der Waals surface area contributed by atoms with Crippen LogP contribution in [0.15, 0.2) is 36.4 Å². The molecular weight excluding hydrogens is 303 g/mol. The third-order valence-corrected chi connectivity index (χ3v) is 3.40. The van der Waals surface area contributed by atoms with Crippen LogP contribution in [0.5, 0.6) is 5.75 Å². The Balaban J connectivity index is 2.17. The Labute approximate surface area is 125 Å². The topological polar surface area (TPSA) is 78.4 Å². The Morgan fingerprint density at radius 1 is 1.25 bits per heavy atom. The minimum Gasteiger partial charge on any atom is -0.487 e. The zero-order valence-corrected chi connectivity index (χ0v) is 11.7. The number of rotatable bonds is 4. The Hall–Kier alpha value is -1.98. The highest BCUT2D eigenvalue weighted by molar-refractivity contribution is 6.42. The molecule has 0 heterocycles. The summed E-state index contributed by atoms with van der Waals surface area (Å²) >= 11 is 11.8. The first-order valence-electron chi connectivity index (χ1n) is 5.58. The number of benzene rings is 2. The van der Waals surface area contributed by atoms with Crippen LogP contribution in [-0.2, 0) is 6.61 Å². The molecule has 0 bridgehead atoms. The van der Waals surface area contributed by atoms with E-state index in [2.05, 4.69) is 0 Å². The summed E-state index contributed by atoms with van der Waals surface area (Å²) in [5.41, 5.74) is 6.09. The fourth-order valence-electron chi connectivity index (χ4n) is 1.59. The van der Waals surface area contributed by atoms with Gasteiger partial charge >= 0.3 is 0 Å². The van der Waals surface area contributed by atoms with Crippen molar-refractivity contribution in [2.24, 2.45) is 0 Å². The largest absolute Gasteiger partial charge is 0.487 e. The second kappa shape index (κ2) is 5.98. The maximum Gasteiger partial charge on any atom is 0.292 e. The number of nitro benzene ring substituents is 1. The first kappa shape index (κ1) is 14.4. The molecule has 0 aliphatic rings. The Morgan fingerprint density at radius 3 is 2.70 bits per heavy atom. The minimum atomic E-state index is -0.537. The summed E-state index contributed by atoms with van der Waals surface area (Å²) in [7, 11) is 0. The van der Waals surface area contributed by atoms with E-state index in [0.29, 0.717) is 21.4 Å². The van der Waals surface area contributed by atoms with E-state index in [-0.39, 0.29) is 18.0 Å². The molecule has 104 valence electrons. The average Bonchev–Trinajstić information content (AvgIpc) is 2.41. The van der Waals surface area contributed by atoms with Crippen LogP contribution in [0, 0.1) is 10.1 Å². The summed E-state index contributed by atoms with van der Waals surface area (Å²) in [4.78, 5) is 10.3. The molecule has 0 radical (unpaired) electrons. The SMILES string of the molecule is Nc1ccc(COc2cccc(Cl)c2Cl)cc1[N+](=O)[O-]. The van der Waals surface area contributed by atoms with Gasteiger partial charge in [0, 0.05) is 6.07 Å². The predicted octanol–water partition coefficient (Wildman–Crippen LogP) is 4.06. The van der Waals surface area contributed by atoms with Gasteiger partial charge in [-0.05, 0) is 23.8 Å². The second-order valence-electron chi connectivity index (χ2n) is 3.99. The van der Waals surface area contributed by atoms with Gasteiger partial charge in [0.15, 0.2) is 0 Å². The van der Waals surface area contributed by atoms with E-state index in [1.54, 1.807) is 24.3 Å². The van der Waals surface area contributed by atoms with E-state index in [1.807, 2.05) is 0 Å². The lowest BCUT2D eigenvalue weighted by Crippen LogP contribution is -2.00. The van der Waals surface area contributed by atoms with Gasteiger partial charge in [-0.2, -0.15) is 0 Å². The van der Waals surface area contributed by atoms with Crippen LogP contribution >= 0.6 is 23.2 Å². The predicted molar refractivity (Wildman–Crippen MR) is 78.3 cm³/mol. The number of halogens is 2. The van der Waals surface area contributed by atoms with Crippen LogP contribution in [0.4, 0.5) is 11.4 Å². The van der Waals surface area contributed by atoms with Crippen molar-refractivity contribution in [2.75, 3.05) is 5.73 Å². The third-order valence-electron chi connectivity index (χ3n) is 2.60. The van der Waals surface area contributed by atoms with Crippen molar-refractivity contribution in [1.29, 1.82) is 0 Å². The molecule has 0 aliphatic carbocycles. The van der Waals surface area contributed by atoms with E-state index in [1.165, 1.54) is 12.1 Å². The first-order valence-corrected chi connectivity index (χ1v) is 6.34. The van der Waals surface area contributed by atoms with Gasteiger partial charge in [0.25, 0.3) is 5.69 Å². The molecule has 20 heavy (non-hydrogen) atoms. The van der Waals surface area contributed by atoms with Gasteiger partial charge in [-0.3, -0.25) is 10.1 Å². The van der Waals surface area contributed by atoms with Gasteiger partial charge in [-0.1, -0.05) is 35.3 Å². The number of hydrogen-bond acceptors (Lipinski definition) is 4. The molecule has 2 rings (SSSR count). The van der Waals surface area contributed by atoms with E-state index >= 15 is 0 Å². The molecule has 0 unspecified atom stereocenters. The molecular formula is C13H10Cl2N2O3. The molecule has 7 heteroatoms. The number of ether oxygens (including phenoxy) is 1. The smallest absolute Gasteiger partial charge is 0.292 e. The van der Waals surface area contributed by atoms with Crippen molar-refractivity contribution in [2.45, 2.75) is 6.61 Å². The molecule has 0 spiro atoms. The molecule has 2 aromatic carbocycles. The monoisotopic (exact) mass is 312 g/mol. The van der Waals surface area contributed by atoms with Gasteiger partial charge < -0.3 is 10.5 Å². The lowest BCUT2D eigenvalue weighted by molar-refractivity contribution is -0.384. The highest BCUT2D eigenvalue weighted by atomic mass is 35.5. The first-order chi connectivity index (χ1) is 9.49. The Bertz CT molecular complexity index is 662. The van der Waals surface area contributed by atoms with E-state index in [0.717, 1.165) is 0 Å². The molecule has 2 N–H and O–H groups in total. The number of hydrogen-bond donors (Lipinski definition) is 1. The van der Waals surface area contributed by atoms with Crippen LogP contribution in [0.25, 0.3) is 0 Å². The fourth-order valence-corrected chi connectivity index (χ4v) is 1.94. The lowest BCUT2D eigenvalue weighted by atomic mass is 10.2. The van der Waals surface area contributed by atoms with Crippen molar-refractivity contribution in [3.05, 3.63) is 62.1 Å². The van der Waals surface area contributed by atoms with E-state index in [4.69, 9.17) is 33.7 Å². The molecule has 0 saturated heterocycles. The van der Waals surface area contributed by atoms with E-state index < -0.39 is 4.92 Å². The van der Waals surface area contributed by atoms with Crippen molar-refractivity contribution in [1.82, 2.24) is 0 Å². The molecule has 0 atom stereocenters. The quantitative estimate of drug-likeness (QED) is 0.524. The summed E-state index contributed by atoms with van der Waals surface area (Å²) in [5.74, 6) is 0.415. The molecule has 0 amide bonds. The summed E-state index contributed by atoms with van der Waals surface area (Å²) < 4.78 is 5.50. The summed E-state index contributed by atoms with van der Waals surface area (Å²) in [6.45, 7) is 0.126. The maximum atomic E-state index is 10.8. The number of nitrogens with two attached hydrogens (primary N) is 1. The van der Waals surface area contributed by atoms with Gasteiger partial charge in [0.1, 0.15) is 23.1 Å². The number of nitrogens with zero attached hydrogens (tertiary/aromatic N) is 1. The molecule has 0 aliphatic heterocycles. The molecule has 2 aromatic rings. The zero-order valence-electron chi connectivity index (χ0n) is 10.2. The fraction of sp³-hybridized carbons (Fsp3) is 0.0769. The Morgan fingerprint density at radius 2 is 2.00 bits per heavy atom. The van der Waals surface area contributed by atoms with Crippen molar-refractivity contribution >= 4 is 34.6 Å². The highest BCUT2D eigenvalue weighted by Gasteiger charge is 2.12. The van der Waals surface area contributed by atoms with Crippen LogP contribution in [0.3, 0.4) is 0 Å². The average molecular weight is 313 g/mol. The summed E-state index contributed by atoms with van der Waals surface area (Å²) in [5, 5.41) is 11.5. The van der Waals surface area contributed by atoms with Crippen molar-refractivity contribution in [3.63, 3.8) is 0 Å².